The Morgan fingerprint density at radius 2 is 2.11 bits per heavy atom. The van der Waals surface area contributed by atoms with Crippen molar-refractivity contribution in [1.82, 2.24) is 9.97 Å². The van der Waals surface area contributed by atoms with Gasteiger partial charge in [0.1, 0.15) is 5.82 Å². The number of carbonyl (C=O) groups excluding carboxylic acids is 1. The topological polar surface area (TPSA) is 42.9 Å². The lowest BCUT2D eigenvalue weighted by molar-refractivity contribution is 0.0971. The Bertz CT molecular complexity index is 667. The summed E-state index contributed by atoms with van der Waals surface area (Å²) in [6, 6.07) is 4.94. The number of carbonyl (C=O) groups is 1. The fourth-order valence-corrected chi connectivity index (χ4v) is 2.26. The van der Waals surface area contributed by atoms with Gasteiger partial charge in [-0.15, -0.1) is 0 Å². The lowest BCUT2D eigenvalue weighted by atomic mass is 9.96. The third kappa shape index (κ3) is 2.14. The zero-order valence-corrected chi connectivity index (χ0v) is 10.6. The highest BCUT2D eigenvalue weighted by Crippen LogP contribution is 2.23. The molecule has 96 valence electrons. The molecule has 2 aromatic rings. The molecule has 0 saturated carbocycles. The number of aryl methyl sites for hydroxylation is 2. The van der Waals surface area contributed by atoms with Crippen molar-refractivity contribution in [1.29, 1.82) is 0 Å². The van der Waals surface area contributed by atoms with E-state index in [0.717, 1.165) is 18.5 Å². The Balaban J connectivity index is 2.06. The molecule has 3 rings (SSSR count). The SMILES string of the molecule is Cc1ccc(-c2ncc3c(n2)CCCC3=O)cc1F. The van der Waals surface area contributed by atoms with Gasteiger partial charge in [0, 0.05) is 18.2 Å². The van der Waals surface area contributed by atoms with Crippen LogP contribution in [0.15, 0.2) is 24.4 Å². The second kappa shape index (κ2) is 4.53. The van der Waals surface area contributed by atoms with E-state index < -0.39 is 0 Å². The molecule has 0 fully saturated rings. The highest BCUT2D eigenvalue weighted by molar-refractivity contribution is 5.97. The number of Topliss-reactive ketones (excluding diaryl/α,β-unsaturated/α-hetero) is 1. The van der Waals surface area contributed by atoms with Gasteiger partial charge in [0.15, 0.2) is 11.6 Å². The van der Waals surface area contributed by atoms with E-state index in [-0.39, 0.29) is 11.6 Å². The smallest absolute Gasteiger partial charge is 0.166 e. The van der Waals surface area contributed by atoms with Gasteiger partial charge in [-0.3, -0.25) is 4.79 Å². The van der Waals surface area contributed by atoms with Crippen molar-refractivity contribution >= 4 is 5.78 Å². The normalized spacial score (nSPS) is 14.3. The fraction of sp³-hybridized carbons (Fsp3) is 0.267. The summed E-state index contributed by atoms with van der Waals surface area (Å²) in [4.78, 5) is 20.3. The maximum atomic E-state index is 13.6. The standard InChI is InChI=1S/C15H13FN2O/c1-9-5-6-10(7-12(9)16)15-17-8-11-13(18-15)3-2-4-14(11)19/h5-8H,2-4H2,1H3. The molecule has 19 heavy (non-hydrogen) atoms. The molecule has 0 saturated heterocycles. The van der Waals surface area contributed by atoms with Gasteiger partial charge in [-0.2, -0.15) is 0 Å². The van der Waals surface area contributed by atoms with Gasteiger partial charge in [0.25, 0.3) is 0 Å². The van der Waals surface area contributed by atoms with Gasteiger partial charge in [-0.05, 0) is 31.4 Å². The zero-order chi connectivity index (χ0) is 13.4. The molecule has 0 bridgehead atoms. The second-order valence-electron chi connectivity index (χ2n) is 4.79. The minimum atomic E-state index is -0.269. The lowest BCUT2D eigenvalue weighted by Crippen LogP contribution is -2.13. The molecule has 1 aromatic carbocycles. The van der Waals surface area contributed by atoms with E-state index in [0.29, 0.717) is 28.9 Å². The molecule has 0 radical (unpaired) electrons. The first-order chi connectivity index (χ1) is 9.15. The second-order valence-corrected chi connectivity index (χ2v) is 4.79. The first kappa shape index (κ1) is 12.0. The van der Waals surface area contributed by atoms with Crippen molar-refractivity contribution in [2.45, 2.75) is 26.2 Å². The molecule has 0 spiro atoms. The van der Waals surface area contributed by atoms with Gasteiger partial charge in [-0.25, -0.2) is 14.4 Å². The highest BCUT2D eigenvalue weighted by atomic mass is 19.1. The van der Waals surface area contributed by atoms with E-state index in [9.17, 15) is 9.18 Å². The Labute approximate surface area is 110 Å². The Hall–Kier alpha value is -2.10. The van der Waals surface area contributed by atoms with Crippen LogP contribution in [0.4, 0.5) is 4.39 Å². The van der Waals surface area contributed by atoms with Crippen LogP contribution >= 0.6 is 0 Å². The predicted octanol–water partition coefficient (Wildman–Crippen LogP) is 3.11. The van der Waals surface area contributed by atoms with Crippen LogP contribution in [0.5, 0.6) is 0 Å². The van der Waals surface area contributed by atoms with E-state index in [1.165, 1.54) is 6.07 Å². The third-order valence-electron chi connectivity index (χ3n) is 3.42. The van der Waals surface area contributed by atoms with Gasteiger partial charge in [-0.1, -0.05) is 12.1 Å². The van der Waals surface area contributed by atoms with Crippen LogP contribution in [-0.2, 0) is 6.42 Å². The Kier molecular flexibility index (Phi) is 2.85. The summed E-state index contributed by atoms with van der Waals surface area (Å²) in [5, 5.41) is 0. The number of benzene rings is 1. The highest BCUT2D eigenvalue weighted by Gasteiger charge is 2.19. The molecule has 0 atom stereocenters. The van der Waals surface area contributed by atoms with Crippen molar-refractivity contribution in [3.63, 3.8) is 0 Å². The zero-order valence-electron chi connectivity index (χ0n) is 10.6. The molecule has 0 unspecified atom stereocenters. The van der Waals surface area contributed by atoms with Gasteiger partial charge in [0.05, 0.1) is 11.3 Å². The summed E-state index contributed by atoms with van der Waals surface area (Å²) in [5.74, 6) is 0.310. The van der Waals surface area contributed by atoms with Crippen molar-refractivity contribution < 1.29 is 9.18 Å². The van der Waals surface area contributed by atoms with Crippen molar-refractivity contribution in [2.24, 2.45) is 0 Å². The number of hydrogen-bond acceptors (Lipinski definition) is 3. The van der Waals surface area contributed by atoms with Crippen molar-refractivity contribution in [2.75, 3.05) is 0 Å². The van der Waals surface area contributed by atoms with Crippen LogP contribution in [0.2, 0.25) is 0 Å². The van der Waals surface area contributed by atoms with Crippen LogP contribution in [0.3, 0.4) is 0 Å². The monoisotopic (exact) mass is 256 g/mol. The van der Waals surface area contributed by atoms with Crippen molar-refractivity contribution in [3.05, 3.63) is 47.0 Å². The molecule has 1 aliphatic rings. The Morgan fingerprint density at radius 3 is 2.89 bits per heavy atom. The van der Waals surface area contributed by atoms with Crippen LogP contribution in [0, 0.1) is 12.7 Å². The molecular weight excluding hydrogens is 243 g/mol. The number of fused-ring (bicyclic) bond motifs is 1. The molecule has 0 amide bonds. The predicted molar refractivity (Wildman–Crippen MR) is 69.4 cm³/mol. The lowest BCUT2D eigenvalue weighted by Gasteiger charge is -2.13. The number of halogens is 1. The van der Waals surface area contributed by atoms with Gasteiger partial charge < -0.3 is 0 Å². The quantitative estimate of drug-likeness (QED) is 0.787. The van der Waals surface area contributed by atoms with Gasteiger partial charge in [0.2, 0.25) is 0 Å². The number of rotatable bonds is 1. The molecule has 1 aromatic heterocycles. The van der Waals surface area contributed by atoms with E-state index in [2.05, 4.69) is 9.97 Å². The summed E-state index contributed by atoms with van der Waals surface area (Å²) in [7, 11) is 0. The largest absolute Gasteiger partial charge is 0.294 e. The summed E-state index contributed by atoms with van der Waals surface area (Å²) in [5.41, 5.74) is 2.63. The maximum Gasteiger partial charge on any atom is 0.166 e. The van der Waals surface area contributed by atoms with Crippen LogP contribution in [0.1, 0.15) is 34.5 Å². The summed E-state index contributed by atoms with van der Waals surface area (Å²) >= 11 is 0. The third-order valence-corrected chi connectivity index (χ3v) is 3.42. The first-order valence-corrected chi connectivity index (χ1v) is 6.31. The number of nitrogens with zero attached hydrogens (tertiary/aromatic N) is 2. The number of hydrogen-bond donors (Lipinski definition) is 0. The number of ketones is 1. The van der Waals surface area contributed by atoms with Crippen LogP contribution in [0.25, 0.3) is 11.4 Å². The van der Waals surface area contributed by atoms with E-state index in [1.807, 2.05) is 0 Å². The molecule has 1 aliphatic carbocycles. The molecule has 4 heteroatoms. The van der Waals surface area contributed by atoms with E-state index in [1.54, 1.807) is 25.3 Å². The first-order valence-electron chi connectivity index (χ1n) is 6.31. The minimum Gasteiger partial charge on any atom is -0.294 e. The number of aromatic nitrogens is 2. The summed E-state index contributed by atoms with van der Waals surface area (Å²) < 4.78 is 13.6. The summed E-state index contributed by atoms with van der Waals surface area (Å²) in [6.07, 6.45) is 3.74. The van der Waals surface area contributed by atoms with Crippen LogP contribution < -0.4 is 0 Å². The van der Waals surface area contributed by atoms with Crippen molar-refractivity contribution in [3.8, 4) is 11.4 Å². The van der Waals surface area contributed by atoms with E-state index >= 15 is 0 Å². The average Bonchev–Trinajstić information content (AvgIpc) is 2.42. The molecular formula is C15H13FN2O. The minimum absolute atomic E-state index is 0.0999. The van der Waals surface area contributed by atoms with Crippen LogP contribution in [-0.4, -0.2) is 15.8 Å². The maximum absolute atomic E-state index is 13.6. The average molecular weight is 256 g/mol. The fourth-order valence-electron chi connectivity index (χ4n) is 2.26. The van der Waals surface area contributed by atoms with Gasteiger partial charge >= 0.3 is 0 Å². The summed E-state index contributed by atoms with van der Waals surface area (Å²) in [6.45, 7) is 1.71. The molecule has 1 heterocycles. The Morgan fingerprint density at radius 1 is 1.26 bits per heavy atom. The molecule has 3 nitrogen and oxygen atoms in total. The van der Waals surface area contributed by atoms with E-state index in [4.69, 9.17) is 0 Å². The molecule has 0 N–H and O–H groups in total. The molecule has 0 aliphatic heterocycles.